The Kier molecular flexibility index (Phi) is 3.79. The van der Waals surface area contributed by atoms with Gasteiger partial charge < -0.3 is 10.4 Å². The normalized spacial score (nSPS) is 11.9. The number of hydrogen-bond acceptors (Lipinski definition) is 5. The number of nitro benzene ring substituents is 1. The topological polar surface area (TPSA) is 122 Å². The molecule has 1 atom stereocenters. The fourth-order valence-electron chi connectivity index (χ4n) is 1.79. The van der Waals surface area contributed by atoms with Crippen LogP contribution in [0.4, 0.5) is 5.69 Å². The summed E-state index contributed by atoms with van der Waals surface area (Å²) in [4.78, 5) is 36.9. The van der Waals surface area contributed by atoms with Crippen molar-refractivity contribution in [3.63, 3.8) is 0 Å². The van der Waals surface area contributed by atoms with Crippen molar-refractivity contribution in [2.45, 2.75) is 13.0 Å². The lowest BCUT2D eigenvalue weighted by Gasteiger charge is -2.10. The molecular formula is C13H11N3O5. The highest BCUT2D eigenvalue weighted by atomic mass is 16.6. The van der Waals surface area contributed by atoms with Crippen LogP contribution < -0.4 is 5.32 Å². The Labute approximate surface area is 118 Å². The van der Waals surface area contributed by atoms with Crippen LogP contribution in [0.15, 0.2) is 30.5 Å². The van der Waals surface area contributed by atoms with E-state index in [1.54, 1.807) is 6.07 Å². The number of hydrogen-bond donors (Lipinski definition) is 2. The van der Waals surface area contributed by atoms with Crippen molar-refractivity contribution in [1.82, 2.24) is 10.3 Å². The van der Waals surface area contributed by atoms with E-state index in [2.05, 4.69) is 10.3 Å². The number of carbonyl (C=O) groups is 2. The van der Waals surface area contributed by atoms with Crippen molar-refractivity contribution in [2.24, 2.45) is 0 Å². The number of carbonyl (C=O) groups excluding carboxylic acids is 1. The van der Waals surface area contributed by atoms with Gasteiger partial charge in [0.2, 0.25) is 0 Å². The van der Waals surface area contributed by atoms with E-state index in [9.17, 15) is 19.7 Å². The van der Waals surface area contributed by atoms with E-state index in [1.165, 1.54) is 31.3 Å². The molecule has 0 aliphatic carbocycles. The van der Waals surface area contributed by atoms with Crippen molar-refractivity contribution < 1.29 is 19.6 Å². The smallest absolute Gasteiger partial charge is 0.325 e. The van der Waals surface area contributed by atoms with Crippen LogP contribution in [-0.4, -0.2) is 32.9 Å². The van der Waals surface area contributed by atoms with Crippen molar-refractivity contribution in [3.8, 4) is 0 Å². The number of fused-ring (bicyclic) bond motifs is 1. The van der Waals surface area contributed by atoms with Crippen molar-refractivity contribution >= 4 is 28.3 Å². The zero-order chi connectivity index (χ0) is 15.6. The number of rotatable bonds is 4. The highest BCUT2D eigenvalue weighted by Gasteiger charge is 2.19. The fourth-order valence-corrected chi connectivity index (χ4v) is 1.79. The summed E-state index contributed by atoms with van der Waals surface area (Å²) in [6.45, 7) is 1.33. The molecule has 0 saturated carbocycles. The molecule has 1 heterocycles. The van der Waals surface area contributed by atoms with Crippen LogP contribution in [0.25, 0.3) is 10.8 Å². The van der Waals surface area contributed by atoms with Gasteiger partial charge in [-0.2, -0.15) is 0 Å². The molecule has 1 aromatic carbocycles. The summed E-state index contributed by atoms with van der Waals surface area (Å²) in [7, 11) is 0. The zero-order valence-electron chi connectivity index (χ0n) is 10.9. The summed E-state index contributed by atoms with van der Waals surface area (Å²) in [6.07, 6.45) is 1.34. The number of pyridine rings is 1. The minimum Gasteiger partial charge on any atom is -0.480 e. The number of carboxylic acids is 1. The Morgan fingerprint density at radius 1 is 1.38 bits per heavy atom. The second kappa shape index (κ2) is 5.53. The third kappa shape index (κ3) is 2.94. The molecule has 2 rings (SSSR count). The number of nitrogens with zero attached hydrogens (tertiary/aromatic N) is 2. The summed E-state index contributed by atoms with van der Waals surface area (Å²) in [5, 5.41) is 22.7. The maximum Gasteiger partial charge on any atom is 0.325 e. The van der Waals surface area contributed by atoms with Crippen molar-refractivity contribution in [1.29, 1.82) is 0 Å². The van der Waals surface area contributed by atoms with Gasteiger partial charge in [0.1, 0.15) is 11.7 Å². The Balaban J connectivity index is 2.43. The van der Waals surface area contributed by atoms with Crippen molar-refractivity contribution in [2.75, 3.05) is 0 Å². The van der Waals surface area contributed by atoms with Crippen LogP contribution in [0.3, 0.4) is 0 Å². The van der Waals surface area contributed by atoms with Gasteiger partial charge in [0.05, 0.1) is 4.92 Å². The molecule has 21 heavy (non-hydrogen) atoms. The molecule has 8 heteroatoms. The number of nitrogens with one attached hydrogen (secondary N) is 1. The summed E-state index contributed by atoms with van der Waals surface area (Å²) in [6, 6.07) is 4.49. The quantitative estimate of drug-likeness (QED) is 0.647. The average Bonchev–Trinajstić information content (AvgIpc) is 2.45. The summed E-state index contributed by atoms with van der Waals surface area (Å²) in [5.41, 5.74) is -0.0746. The molecule has 2 N–H and O–H groups in total. The molecule has 1 amide bonds. The first-order chi connectivity index (χ1) is 9.90. The number of aromatic nitrogens is 1. The van der Waals surface area contributed by atoms with Crippen molar-refractivity contribution in [3.05, 3.63) is 46.3 Å². The number of aliphatic carboxylic acids is 1. The Hall–Kier alpha value is -3.03. The molecule has 0 saturated heterocycles. The molecule has 8 nitrogen and oxygen atoms in total. The van der Waals surface area contributed by atoms with E-state index in [0.717, 1.165) is 0 Å². The van der Waals surface area contributed by atoms with E-state index >= 15 is 0 Å². The predicted octanol–water partition coefficient (Wildman–Crippen LogP) is 1.35. The lowest BCUT2D eigenvalue weighted by atomic mass is 10.1. The molecule has 0 bridgehead atoms. The largest absolute Gasteiger partial charge is 0.480 e. The highest BCUT2D eigenvalue weighted by molar-refractivity contribution is 6.06. The lowest BCUT2D eigenvalue weighted by Crippen LogP contribution is -2.38. The van der Waals surface area contributed by atoms with Gasteiger partial charge in [0.15, 0.2) is 0 Å². The minimum atomic E-state index is -1.17. The first-order valence-electron chi connectivity index (χ1n) is 5.97. The number of non-ortho nitro benzene ring substituents is 1. The predicted molar refractivity (Wildman–Crippen MR) is 73.0 cm³/mol. The summed E-state index contributed by atoms with van der Waals surface area (Å²) >= 11 is 0. The maximum atomic E-state index is 12.0. The van der Waals surface area contributed by atoms with Crippen LogP contribution >= 0.6 is 0 Å². The SMILES string of the molecule is CC(NC(=O)c1nccc2cc([N+](=O)[O-])ccc12)C(=O)O. The van der Waals surface area contributed by atoms with Gasteiger partial charge in [-0.1, -0.05) is 0 Å². The highest BCUT2D eigenvalue weighted by Crippen LogP contribution is 2.22. The molecule has 0 aliphatic heterocycles. The molecule has 108 valence electrons. The van der Waals surface area contributed by atoms with E-state index in [4.69, 9.17) is 5.11 Å². The van der Waals surface area contributed by atoms with E-state index < -0.39 is 22.8 Å². The monoisotopic (exact) mass is 289 g/mol. The molecule has 2 aromatic rings. The van der Waals surface area contributed by atoms with Gasteiger partial charge in [-0.05, 0) is 24.4 Å². The van der Waals surface area contributed by atoms with E-state index in [-0.39, 0.29) is 11.4 Å². The summed E-state index contributed by atoms with van der Waals surface area (Å²) in [5.74, 6) is -1.82. The van der Waals surface area contributed by atoms with E-state index in [0.29, 0.717) is 10.8 Å². The number of nitro groups is 1. The van der Waals surface area contributed by atoms with Gasteiger partial charge in [-0.3, -0.25) is 24.7 Å². The van der Waals surface area contributed by atoms with Crippen LogP contribution in [0, 0.1) is 10.1 Å². The van der Waals surface area contributed by atoms with Gasteiger partial charge in [-0.15, -0.1) is 0 Å². The maximum absolute atomic E-state index is 12.0. The molecule has 1 unspecified atom stereocenters. The van der Waals surface area contributed by atoms with Crippen LogP contribution in [-0.2, 0) is 4.79 Å². The molecule has 0 fully saturated rings. The second-order valence-electron chi connectivity index (χ2n) is 4.36. The van der Waals surface area contributed by atoms with Gasteiger partial charge in [-0.25, -0.2) is 0 Å². The molecular weight excluding hydrogens is 278 g/mol. The Morgan fingerprint density at radius 2 is 2.10 bits per heavy atom. The minimum absolute atomic E-state index is 0.0236. The number of benzene rings is 1. The molecule has 1 aromatic heterocycles. The first-order valence-corrected chi connectivity index (χ1v) is 5.97. The van der Waals surface area contributed by atoms with Crippen LogP contribution in [0.2, 0.25) is 0 Å². The number of carboxylic acid groups (broad SMARTS) is 1. The zero-order valence-corrected chi connectivity index (χ0v) is 10.9. The van der Waals surface area contributed by atoms with Crippen LogP contribution in [0.5, 0.6) is 0 Å². The third-order valence-corrected chi connectivity index (χ3v) is 2.89. The second-order valence-corrected chi connectivity index (χ2v) is 4.36. The van der Waals surface area contributed by atoms with Crippen LogP contribution in [0.1, 0.15) is 17.4 Å². The molecule has 0 aliphatic rings. The third-order valence-electron chi connectivity index (χ3n) is 2.89. The molecule has 0 radical (unpaired) electrons. The summed E-state index contributed by atoms with van der Waals surface area (Å²) < 4.78 is 0. The fraction of sp³-hybridized carbons (Fsp3) is 0.154. The van der Waals surface area contributed by atoms with Gasteiger partial charge in [0.25, 0.3) is 11.6 Å². The Morgan fingerprint density at radius 3 is 2.71 bits per heavy atom. The number of amides is 1. The average molecular weight is 289 g/mol. The first kappa shape index (κ1) is 14.4. The van der Waals surface area contributed by atoms with E-state index in [1.807, 2.05) is 0 Å². The van der Waals surface area contributed by atoms with Gasteiger partial charge >= 0.3 is 5.97 Å². The van der Waals surface area contributed by atoms with Gasteiger partial charge in [0, 0.05) is 23.7 Å². The lowest BCUT2D eigenvalue weighted by molar-refractivity contribution is -0.384. The Bertz CT molecular complexity index is 744. The standard InChI is InChI=1S/C13H11N3O5/c1-7(13(18)19)15-12(17)11-10-3-2-9(16(20)21)6-8(10)4-5-14-11/h2-7H,1H3,(H,15,17)(H,18,19). The molecule has 0 spiro atoms.